The topological polar surface area (TPSA) is 30.7 Å². The van der Waals surface area contributed by atoms with E-state index in [-0.39, 0.29) is 0 Å². The van der Waals surface area contributed by atoms with E-state index < -0.39 is 0 Å². The van der Waals surface area contributed by atoms with Crippen molar-refractivity contribution >= 4 is 17.0 Å². The molecule has 0 saturated heterocycles. The van der Waals surface area contributed by atoms with E-state index in [0.29, 0.717) is 0 Å². The average Bonchev–Trinajstić information content (AvgIpc) is 2.84. The van der Waals surface area contributed by atoms with E-state index in [2.05, 4.69) is 53.0 Å². The van der Waals surface area contributed by atoms with Crippen molar-refractivity contribution in [3.05, 3.63) is 54.0 Å². The average molecular weight is 261 g/mol. The van der Waals surface area contributed by atoms with E-state index in [1.807, 2.05) is 12.3 Å². The van der Waals surface area contributed by atoms with Crippen LogP contribution in [-0.4, -0.2) is 14.5 Å². The Morgan fingerprint density at radius 1 is 1.15 bits per heavy atom. The minimum Gasteiger partial charge on any atom is -0.327 e. The van der Waals surface area contributed by atoms with E-state index in [1.165, 1.54) is 11.4 Å². The Morgan fingerprint density at radius 2 is 2.05 bits per heavy atom. The molecule has 3 heteroatoms. The molecule has 0 bridgehead atoms. The minimum atomic E-state index is 1.01. The highest BCUT2D eigenvalue weighted by atomic mass is 15.1. The van der Waals surface area contributed by atoms with Crippen molar-refractivity contribution < 1.29 is 0 Å². The third-order valence-corrected chi connectivity index (χ3v) is 3.91. The van der Waals surface area contributed by atoms with Crippen molar-refractivity contribution in [2.24, 2.45) is 7.05 Å². The van der Waals surface area contributed by atoms with Gasteiger partial charge >= 0.3 is 0 Å². The molecular formula is C17H15N3. The molecule has 0 N–H and O–H groups in total. The predicted octanol–water partition coefficient (Wildman–Crippen LogP) is 3.59. The van der Waals surface area contributed by atoms with Crippen molar-refractivity contribution in [1.29, 1.82) is 0 Å². The molecule has 4 rings (SSSR count). The van der Waals surface area contributed by atoms with Crippen LogP contribution in [0.3, 0.4) is 0 Å². The summed E-state index contributed by atoms with van der Waals surface area (Å²) in [5.41, 5.74) is 4.54. The number of benzene rings is 1. The molecule has 0 atom stereocenters. The Labute approximate surface area is 117 Å². The molecule has 3 nitrogen and oxygen atoms in total. The second-order valence-electron chi connectivity index (χ2n) is 5.15. The zero-order valence-corrected chi connectivity index (χ0v) is 11.4. The highest BCUT2D eigenvalue weighted by molar-refractivity contribution is 5.92. The molecule has 20 heavy (non-hydrogen) atoms. The molecule has 98 valence electrons. The summed E-state index contributed by atoms with van der Waals surface area (Å²) in [6.45, 7) is 0. The Kier molecular flexibility index (Phi) is 2.46. The van der Waals surface area contributed by atoms with E-state index in [0.717, 1.165) is 35.1 Å². The van der Waals surface area contributed by atoms with Crippen molar-refractivity contribution in [3.63, 3.8) is 0 Å². The molecule has 1 aromatic carbocycles. The first-order valence-electron chi connectivity index (χ1n) is 6.91. The molecule has 2 heterocycles. The number of aryl methyl sites for hydroxylation is 1. The summed E-state index contributed by atoms with van der Waals surface area (Å²) >= 11 is 0. The first kappa shape index (κ1) is 11.4. The van der Waals surface area contributed by atoms with Crippen LogP contribution >= 0.6 is 0 Å². The first-order chi connectivity index (χ1) is 9.84. The summed E-state index contributed by atoms with van der Waals surface area (Å²) in [6, 6.07) is 10.3. The lowest BCUT2D eigenvalue weighted by Gasteiger charge is -2.07. The van der Waals surface area contributed by atoms with Gasteiger partial charge in [0.1, 0.15) is 5.82 Å². The molecule has 2 aromatic heterocycles. The number of para-hydroxylation sites is 1. The van der Waals surface area contributed by atoms with Gasteiger partial charge in [-0.15, -0.1) is 0 Å². The maximum Gasteiger partial charge on any atom is 0.142 e. The third-order valence-electron chi connectivity index (χ3n) is 3.91. The molecule has 0 saturated carbocycles. The summed E-state index contributed by atoms with van der Waals surface area (Å²) in [5, 5.41) is 1.15. The zero-order valence-electron chi connectivity index (χ0n) is 11.4. The number of hydrogen-bond acceptors (Lipinski definition) is 2. The highest BCUT2D eigenvalue weighted by Crippen LogP contribution is 2.29. The van der Waals surface area contributed by atoms with Gasteiger partial charge < -0.3 is 4.57 Å². The maximum absolute atomic E-state index is 4.84. The predicted molar refractivity (Wildman–Crippen MR) is 81.3 cm³/mol. The Balaban J connectivity index is 2.01. The van der Waals surface area contributed by atoms with E-state index in [4.69, 9.17) is 4.98 Å². The zero-order chi connectivity index (χ0) is 13.5. The van der Waals surface area contributed by atoms with Crippen LogP contribution in [0.15, 0.2) is 42.6 Å². The third kappa shape index (κ3) is 1.59. The largest absolute Gasteiger partial charge is 0.327 e. The summed E-state index contributed by atoms with van der Waals surface area (Å²) in [4.78, 5) is 9.38. The SMILES string of the molecule is Cn1c(-c2cccc3cccnc23)nc2c1C=CCC2. The summed E-state index contributed by atoms with van der Waals surface area (Å²) < 4.78 is 2.18. The molecule has 0 amide bonds. The molecule has 3 aromatic rings. The van der Waals surface area contributed by atoms with Gasteiger partial charge in [-0.1, -0.05) is 24.3 Å². The maximum atomic E-state index is 4.84. The highest BCUT2D eigenvalue weighted by Gasteiger charge is 2.17. The molecule has 0 unspecified atom stereocenters. The molecule has 0 spiro atoms. The van der Waals surface area contributed by atoms with Gasteiger partial charge in [0.15, 0.2) is 0 Å². The van der Waals surface area contributed by atoms with Crippen LogP contribution in [0.25, 0.3) is 28.4 Å². The smallest absolute Gasteiger partial charge is 0.142 e. The Morgan fingerprint density at radius 3 is 2.95 bits per heavy atom. The standard InChI is InChI=1S/C17H15N3/c1-20-15-10-3-2-9-14(15)19-17(20)13-8-4-6-12-7-5-11-18-16(12)13/h3-8,10-11H,2,9H2,1H3. The van der Waals surface area contributed by atoms with Gasteiger partial charge in [0.2, 0.25) is 0 Å². The summed E-state index contributed by atoms with van der Waals surface area (Å²) in [7, 11) is 2.08. The fourth-order valence-electron chi connectivity index (χ4n) is 2.90. The van der Waals surface area contributed by atoms with Gasteiger partial charge in [-0.2, -0.15) is 0 Å². The molecule has 0 aliphatic heterocycles. The number of fused-ring (bicyclic) bond motifs is 2. The fourth-order valence-corrected chi connectivity index (χ4v) is 2.90. The van der Waals surface area contributed by atoms with Gasteiger partial charge in [0.05, 0.1) is 16.9 Å². The van der Waals surface area contributed by atoms with Crippen LogP contribution in [0.1, 0.15) is 17.8 Å². The quantitative estimate of drug-likeness (QED) is 0.670. The van der Waals surface area contributed by atoms with E-state index in [9.17, 15) is 0 Å². The van der Waals surface area contributed by atoms with Gasteiger partial charge in [-0.25, -0.2) is 4.98 Å². The number of imidazole rings is 1. The van der Waals surface area contributed by atoms with Crippen LogP contribution in [0.5, 0.6) is 0 Å². The van der Waals surface area contributed by atoms with Gasteiger partial charge in [0, 0.05) is 24.2 Å². The number of allylic oxidation sites excluding steroid dienone is 1. The number of aromatic nitrogens is 3. The van der Waals surface area contributed by atoms with E-state index >= 15 is 0 Å². The second kappa shape index (κ2) is 4.30. The van der Waals surface area contributed by atoms with Crippen molar-refractivity contribution in [2.45, 2.75) is 12.8 Å². The van der Waals surface area contributed by atoms with Crippen LogP contribution in [0, 0.1) is 0 Å². The molecule has 1 aliphatic carbocycles. The van der Waals surface area contributed by atoms with Gasteiger partial charge in [-0.3, -0.25) is 4.98 Å². The summed E-state index contributed by atoms with van der Waals surface area (Å²) in [5.74, 6) is 1.01. The normalized spacial score (nSPS) is 13.7. The molecule has 0 radical (unpaired) electrons. The van der Waals surface area contributed by atoms with Gasteiger partial charge in [-0.05, 0) is 31.1 Å². The molecular weight excluding hydrogens is 246 g/mol. The molecule has 1 aliphatic rings. The van der Waals surface area contributed by atoms with Crippen molar-refractivity contribution in [3.8, 4) is 11.4 Å². The van der Waals surface area contributed by atoms with E-state index in [1.54, 1.807) is 0 Å². The number of nitrogens with zero attached hydrogens (tertiary/aromatic N) is 3. The first-order valence-corrected chi connectivity index (χ1v) is 6.91. The monoisotopic (exact) mass is 261 g/mol. The van der Waals surface area contributed by atoms with Crippen LogP contribution in [0.2, 0.25) is 0 Å². The number of hydrogen-bond donors (Lipinski definition) is 0. The minimum absolute atomic E-state index is 1.01. The lowest BCUT2D eigenvalue weighted by Crippen LogP contribution is -1.98. The lowest BCUT2D eigenvalue weighted by molar-refractivity contribution is 0.891. The molecule has 0 fully saturated rings. The lowest BCUT2D eigenvalue weighted by atomic mass is 10.1. The number of rotatable bonds is 1. The van der Waals surface area contributed by atoms with Crippen molar-refractivity contribution in [1.82, 2.24) is 14.5 Å². The number of pyridine rings is 1. The summed E-state index contributed by atoms with van der Waals surface area (Å²) in [6.07, 6.45) is 8.34. The van der Waals surface area contributed by atoms with Crippen molar-refractivity contribution in [2.75, 3.05) is 0 Å². The second-order valence-corrected chi connectivity index (χ2v) is 5.15. The Hall–Kier alpha value is -2.42. The van der Waals surface area contributed by atoms with Gasteiger partial charge in [0.25, 0.3) is 0 Å². The Bertz CT molecular complexity index is 822. The van der Waals surface area contributed by atoms with Crippen LogP contribution in [-0.2, 0) is 13.5 Å². The van der Waals surface area contributed by atoms with Crippen LogP contribution < -0.4 is 0 Å². The fraction of sp³-hybridized carbons (Fsp3) is 0.176. The van der Waals surface area contributed by atoms with Crippen LogP contribution in [0.4, 0.5) is 0 Å².